The lowest BCUT2D eigenvalue weighted by Gasteiger charge is -2.12. The highest BCUT2D eigenvalue weighted by molar-refractivity contribution is 7.09. The Morgan fingerprint density at radius 3 is 2.84 bits per heavy atom. The molecule has 0 aliphatic rings. The number of aryl methyl sites for hydroxylation is 1. The first-order chi connectivity index (χ1) is 12.1. The molecule has 7 nitrogen and oxygen atoms in total. The number of nitrogens with zero attached hydrogens (tertiary/aromatic N) is 5. The highest BCUT2D eigenvalue weighted by atomic mass is 32.1. The zero-order valence-corrected chi connectivity index (χ0v) is 16.4. The van der Waals surface area contributed by atoms with Crippen LogP contribution < -0.4 is 10.6 Å². The van der Waals surface area contributed by atoms with E-state index in [-0.39, 0.29) is 0 Å². The standard InChI is InChI=1S/C17H29N7S/c1-5-15-23-21-12-24(15)10-9-20-17(18-6-2)19-8-7-14-11-25-16(22-14)13(3)4/h11-13H,5-10H2,1-4H3,(H2,18,19,20). The van der Waals surface area contributed by atoms with Crippen molar-refractivity contribution in [3.63, 3.8) is 0 Å². The van der Waals surface area contributed by atoms with Crippen molar-refractivity contribution in [2.24, 2.45) is 4.99 Å². The topological polar surface area (TPSA) is 80.0 Å². The van der Waals surface area contributed by atoms with Gasteiger partial charge < -0.3 is 15.2 Å². The lowest BCUT2D eigenvalue weighted by atomic mass is 10.2. The molecule has 2 N–H and O–H groups in total. The highest BCUT2D eigenvalue weighted by Crippen LogP contribution is 2.19. The molecule has 0 radical (unpaired) electrons. The number of rotatable bonds is 9. The molecule has 0 aromatic carbocycles. The molecule has 0 fully saturated rings. The maximum atomic E-state index is 4.66. The minimum absolute atomic E-state index is 0.493. The third kappa shape index (κ3) is 6.12. The first-order valence-corrected chi connectivity index (χ1v) is 9.85. The number of aliphatic imine (C=N–C) groups is 1. The van der Waals surface area contributed by atoms with E-state index in [9.17, 15) is 0 Å². The maximum Gasteiger partial charge on any atom is 0.191 e. The molecule has 0 saturated carbocycles. The lowest BCUT2D eigenvalue weighted by Crippen LogP contribution is -2.39. The monoisotopic (exact) mass is 363 g/mol. The molecular weight excluding hydrogens is 334 g/mol. The van der Waals surface area contributed by atoms with Crippen molar-refractivity contribution in [2.75, 3.05) is 19.6 Å². The lowest BCUT2D eigenvalue weighted by molar-refractivity contribution is 0.632. The average molecular weight is 364 g/mol. The molecular formula is C17H29N7S. The SMILES string of the molecule is CCNC(=NCCc1csc(C(C)C)n1)NCCn1cnnc1CC. The Labute approximate surface area is 154 Å². The predicted octanol–water partition coefficient (Wildman–Crippen LogP) is 2.22. The summed E-state index contributed by atoms with van der Waals surface area (Å²) in [5, 5.41) is 18.0. The molecule has 2 heterocycles. The number of guanidine groups is 1. The van der Waals surface area contributed by atoms with Gasteiger partial charge in [-0.05, 0) is 6.92 Å². The zero-order valence-electron chi connectivity index (χ0n) is 15.6. The molecule has 2 aromatic rings. The van der Waals surface area contributed by atoms with Crippen molar-refractivity contribution >= 4 is 17.3 Å². The van der Waals surface area contributed by atoms with E-state index in [4.69, 9.17) is 0 Å². The number of aromatic nitrogens is 4. The summed E-state index contributed by atoms with van der Waals surface area (Å²) < 4.78 is 2.07. The van der Waals surface area contributed by atoms with Crippen LogP contribution in [0.15, 0.2) is 16.7 Å². The van der Waals surface area contributed by atoms with Crippen LogP contribution in [0.3, 0.4) is 0 Å². The van der Waals surface area contributed by atoms with Crippen LogP contribution in [-0.2, 0) is 19.4 Å². The van der Waals surface area contributed by atoms with E-state index in [0.717, 1.165) is 56.5 Å². The smallest absolute Gasteiger partial charge is 0.191 e. The van der Waals surface area contributed by atoms with Crippen molar-refractivity contribution in [1.29, 1.82) is 0 Å². The number of nitrogens with one attached hydrogen (secondary N) is 2. The number of hydrogen-bond donors (Lipinski definition) is 2. The Hall–Kier alpha value is -1.96. The number of thiazole rings is 1. The summed E-state index contributed by atoms with van der Waals surface area (Å²) in [6, 6.07) is 0. The molecule has 138 valence electrons. The summed E-state index contributed by atoms with van der Waals surface area (Å²) in [5.74, 6) is 2.34. The van der Waals surface area contributed by atoms with Gasteiger partial charge in [0.05, 0.1) is 10.7 Å². The van der Waals surface area contributed by atoms with Crippen molar-refractivity contribution in [1.82, 2.24) is 30.4 Å². The Bertz CT molecular complexity index is 660. The van der Waals surface area contributed by atoms with Gasteiger partial charge in [0.25, 0.3) is 0 Å². The summed E-state index contributed by atoms with van der Waals surface area (Å²) >= 11 is 1.74. The molecule has 2 aromatic heterocycles. The number of hydrogen-bond acceptors (Lipinski definition) is 5. The Balaban J connectivity index is 1.81. The van der Waals surface area contributed by atoms with Crippen molar-refractivity contribution in [2.45, 2.75) is 53.0 Å². The van der Waals surface area contributed by atoms with Gasteiger partial charge in [0, 0.05) is 50.3 Å². The molecule has 0 aliphatic carbocycles. The van der Waals surface area contributed by atoms with Crippen LogP contribution in [0, 0.1) is 0 Å². The third-order valence-electron chi connectivity index (χ3n) is 3.70. The maximum absolute atomic E-state index is 4.66. The van der Waals surface area contributed by atoms with Crippen LogP contribution in [0.1, 0.15) is 50.1 Å². The van der Waals surface area contributed by atoms with Crippen molar-refractivity contribution < 1.29 is 0 Å². The Morgan fingerprint density at radius 1 is 1.32 bits per heavy atom. The molecule has 8 heteroatoms. The Kier molecular flexibility index (Phi) is 7.84. The van der Waals surface area contributed by atoms with Crippen LogP contribution in [0.4, 0.5) is 0 Å². The molecule has 0 aliphatic heterocycles. The minimum atomic E-state index is 0.493. The van der Waals surface area contributed by atoms with Gasteiger partial charge in [-0.2, -0.15) is 0 Å². The zero-order chi connectivity index (χ0) is 18.1. The quantitative estimate of drug-likeness (QED) is 0.527. The molecule has 0 atom stereocenters. The second-order valence-corrected chi connectivity index (χ2v) is 6.95. The molecule has 0 bridgehead atoms. The van der Waals surface area contributed by atoms with Gasteiger partial charge in [-0.1, -0.05) is 20.8 Å². The Morgan fingerprint density at radius 2 is 2.16 bits per heavy atom. The van der Waals surface area contributed by atoms with Crippen LogP contribution in [-0.4, -0.2) is 45.3 Å². The summed E-state index contributed by atoms with van der Waals surface area (Å²) in [4.78, 5) is 9.30. The summed E-state index contributed by atoms with van der Waals surface area (Å²) in [6.45, 7) is 11.7. The summed E-state index contributed by atoms with van der Waals surface area (Å²) in [5.41, 5.74) is 1.13. The third-order valence-corrected chi connectivity index (χ3v) is 4.90. The van der Waals surface area contributed by atoms with Gasteiger partial charge >= 0.3 is 0 Å². The van der Waals surface area contributed by atoms with E-state index in [1.807, 2.05) is 0 Å². The summed E-state index contributed by atoms with van der Waals surface area (Å²) in [6.07, 6.45) is 3.53. The van der Waals surface area contributed by atoms with E-state index in [1.54, 1.807) is 17.7 Å². The van der Waals surface area contributed by atoms with Gasteiger partial charge in [-0.15, -0.1) is 21.5 Å². The second-order valence-electron chi connectivity index (χ2n) is 6.06. The summed E-state index contributed by atoms with van der Waals surface area (Å²) in [7, 11) is 0. The van der Waals surface area contributed by atoms with Crippen LogP contribution in [0.2, 0.25) is 0 Å². The van der Waals surface area contributed by atoms with Crippen molar-refractivity contribution in [3.05, 3.63) is 28.2 Å². The average Bonchev–Trinajstić information content (AvgIpc) is 3.24. The fourth-order valence-corrected chi connectivity index (χ4v) is 3.23. The normalized spacial score (nSPS) is 12.0. The fourth-order valence-electron chi connectivity index (χ4n) is 2.36. The molecule has 2 rings (SSSR count). The first kappa shape index (κ1) is 19.4. The predicted molar refractivity (Wildman–Crippen MR) is 103 cm³/mol. The van der Waals surface area contributed by atoms with Gasteiger partial charge in [-0.3, -0.25) is 4.99 Å². The first-order valence-electron chi connectivity index (χ1n) is 8.97. The second kappa shape index (κ2) is 10.1. The van der Waals surface area contributed by atoms with Crippen LogP contribution >= 0.6 is 11.3 Å². The molecule has 0 unspecified atom stereocenters. The largest absolute Gasteiger partial charge is 0.357 e. The van der Waals surface area contributed by atoms with E-state index in [2.05, 4.69) is 68.4 Å². The molecule has 0 spiro atoms. The fraction of sp³-hybridized carbons (Fsp3) is 0.647. The molecule has 0 saturated heterocycles. The van der Waals surface area contributed by atoms with Gasteiger partial charge in [0.1, 0.15) is 12.2 Å². The minimum Gasteiger partial charge on any atom is -0.357 e. The van der Waals surface area contributed by atoms with E-state index >= 15 is 0 Å². The molecule has 25 heavy (non-hydrogen) atoms. The highest BCUT2D eigenvalue weighted by Gasteiger charge is 2.06. The van der Waals surface area contributed by atoms with Crippen molar-refractivity contribution in [3.8, 4) is 0 Å². The molecule has 0 amide bonds. The van der Waals surface area contributed by atoms with E-state index in [0.29, 0.717) is 5.92 Å². The van der Waals surface area contributed by atoms with Gasteiger partial charge in [0.15, 0.2) is 5.96 Å². The van der Waals surface area contributed by atoms with Crippen LogP contribution in [0.25, 0.3) is 0 Å². The van der Waals surface area contributed by atoms with E-state index in [1.165, 1.54) is 5.01 Å². The van der Waals surface area contributed by atoms with Crippen LogP contribution in [0.5, 0.6) is 0 Å². The van der Waals surface area contributed by atoms with Gasteiger partial charge in [-0.25, -0.2) is 4.98 Å². The van der Waals surface area contributed by atoms with E-state index < -0.39 is 0 Å². The van der Waals surface area contributed by atoms with Gasteiger partial charge in [0.2, 0.25) is 0 Å².